The Morgan fingerprint density at radius 1 is 1.53 bits per heavy atom. The van der Waals surface area contributed by atoms with E-state index in [2.05, 4.69) is 4.98 Å². The van der Waals surface area contributed by atoms with Gasteiger partial charge in [-0.25, -0.2) is 9.78 Å². The van der Waals surface area contributed by atoms with E-state index in [0.29, 0.717) is 18.9 Å². The molecule has 0 aliphatic carbocycles. The van der Waals surface area contributed by atoms with Crippen molar-refractivity contribution in [3.8, 4) is 0 Å². The number of carboxylic acid groups (broad SMARTS) is 1. The van der Waals surface area contributed by atoms with Crippen LogP contribution in [0.2, 0.25) is 0 Å². The third-order valence-electron chi connectivity index (χ3n) is 3.67. The normalized spacial score (nSPS) is 28.0. The van der Waals surface area contributed by atoms with Crippen LogP contribution in [0.3, 0.4) is 0 Å². The number of imidazole rings is 1. The molecule has 1 aromatic rings. The molecule has 1 aromatic heterocycles. The van der Waals surface area contributed by atoms with Gasteiger partial charge in [-0.3, -0.25) is 0 Å². The highest BCUT2D eigenvalue weighted by molar-refractivity contribution is 5.72. The molecule has 5 nitrogen and oxygen atoms in total. The average molecular weight is 236 g/mol. The van der Waals surface area contributed by atoms with E-state index in [4.69, 9.17) is 4.74 Å². The van der Waals surface area contributed by atoms with E-state index in [1.54, 1.807) is 0 Å². The van der Waals surface area contributed by atoms with Gasteiger partial charge in [-0.2, -0.15) is 0 Å². The van der Waals surface area contributed by atoms with Crippen LogP contribution in [-0.4, -0.2) is 33.8 Å². The Morgan fingerprint density at radius 3 is 3.12 bits per heavy atom. The molecule has 5 heteroatoms. The van der Waals surface area contributed by atoms with Crippen molar-refractivity contribution in [1.29, 1.82) is 0 Å². The molecule has 3 rings (SSSR count). The average Bonchev–Trinajstić information content (AvgIpc) is 2.96. The highest BCUT2D eigenvalue weighted by Crippen LogP contribution is 2.30. The lowest BCUT2D eigenvalue weighted by molar-refractivity contribution is -0.141. The number of carbonyl (C=O) groups is 1. The molecule has 2 atom stereocenters. The molecule has 1 N–H and O–H groups in total. The van der Waals surface area contributed by atoms with Crippen molar-refractivity contribution in [3.63, 3.8) is 0 Å². The first-order chi connectivity index (χ1) is 8.25. The predicted molar refractivity (Wildman–Crippen MR) is 60.0 cm³/mol. The Hall–Kier alpha value is -1.36. The maximum Gasteiger partial charge on any atom is 0.326 e. The molecule has 2 aliphatic rings. The molecule has 0 amide bonds. The Kier molecular flexibility index (Phi) is 2.63. The maximum atomic E-state index is 11.2. The van der Waals surface area contributed by atoms with Crippen molar-refractivity contribution in [3.05, 3.63) is 17.7 Å². The van der Waals surface area contributed by atoms with Gasteiger partial charge in [0.1, 0.15) is 11.9 Å². The molecule has 0 spiro atoms. The standard InChI is InChI=1S/C12H16N2O3/c15-12(16)10-2-1-3-11-13-9(6-14(10)11)8-4-5-17-7-8/h6,8,10H,1-5,7H2,(H,15,16). The van der Waals surface area contributed by atoms with Gasteiger partial charge < -0.3 is 14.4 Å². The minimum absolute atomic E-state index is 0.350. The van der Waals surface area contributed by atoms with E-state index in [0.717, 1.165) is 37.4 Å². The molecule has 1 saturated heterocycles. The number of aliphatic carboxylic acids is 1. The minimum atomic E-state index is -0.752. The van der Waals surface area contributed by atoms with Gasteiger partial charge in [0.15, 0.2) is 0 Å². The predicted octanol–water partition coefficient (Wildman–Crippen LogP) is 1.35. The van der Waals surface area contributed by atoms with E-state index < -0.39 is 12.0 Å². The first-order valence-electron chi connectivity index (χ1n) is 6.14. The van der Waals surface area contributed by atoms with E-state index in [1.165, 1.54) is 0 Å². The van der Waals surface area contributed by atoms with Gasteiger partial charge in [-0.1, -0.05) is 0 Å². The smallest absolute Gasteiger partial charge is 0.326 e. The summed E-state index contributed by atoms with van der Waals surface area (Å²) in [6.07, 6.45) is 5.42. The van der Waals surface area contributed by atoms with Crippen molar-refractivity contribution in [2.45, 2.75) is 37.6 Å². The van der Waals surface area contributed by atoms with Crippen LogP contribution in [0.25, 0.3) is 0 Å². The molecule has 0 saturated carbocycles. The first kappa shape index (κ1) is 10.8. The third kappa shape index (κ3) is 1.84. The molecule has 0 aromatic carbocycles. The second-order valence-corrected chi connectivity index (χ2v) is 4.80. The zero-order chi connectivity index (χ0) is 11.8. The first-order valence-corrected chi connectivity index (χ1v) is 6.14. The summed E-state index contributed by atoms with van der Waals surface area (Å²) in [4.78, 5) is 15.8. The van der Waals surface area contributed by atoms with E-state index in [9.17, 15) is 9.90 Å². The highest BCUT2D eigenvalue weighted by atomic mass is 16.5. The minimum Gasteiger partial charge on any atom is -0.480 e. The number of aromatic nitrogens is 2. The van der Waals surface area contributed by atoms with Crippen LogP contribution in [0.5, 0.6) is 0 Å². The van der Waals surface area contributed by atoms with Crippen molar-refractivity contribution in [1.82, 2.24) is 9.55 Å². The Bertz CT molecular complexity index is 435. The SMILES string of the molecule is O=C(O)C1CCCc2nc(C3CCOC3)cn21. The molecule has 92 valence electrons. The van der Waals surface area contributed by atoms with Gasteiger partial charge >= 0.3 is 5.97 Å². The highest BCUT2D eigenvalue weighted by Gasteiger charge is 2.29. The summed E-state index contributed by atoms with van der Waals surface area (Å²) in [5.74, 6) is 0.519. The van der Waals surface area contributed by atoms with Crippen molar-refractivity contribution in [2.75, 3.05) is 13.2 Å². The lowest BCUT2D eigenvalue weighted by Gasteiger charge is -2.20. The summed E-state index contributed by atoms with van der Waals surface area (Å²) in [6.45, 7) is 1.50. The second-order valence-electron chi connectivity index (χ2n) is 4.80. The molecule has 2 aliphatic heterocycles. The topological polar surface area (TPSA) is 64.3 Å². The molecular weight excluding hydrogens is 220 g/mol. The number of hydrogen-bond acceptors (Lipinski definition) is 3. The molecule has 17 heavy (non-hydrogen) atoms. The number of nitrogens with zero attached hydrogens (tertiary/aromatic N) is 2. The lowest BCUT2D eigenvalue weighted by Crippen LogP contribution is -2.24. The zero-order valence-corrected chi connectivity index (χ0v) is 9.63. The van der Waals surface area contributed by atoms with Crippen LogP contribution < -0.4 is 0 Å². The van der Waals surface area contributed by atoms with Gasteiger partial charge in [-0.05, 0) is 19.3 Å². The zero-order valence-electron chi connectivity index (χ0n) is 9.63. The van der Waals surface area contributed by atoms with Gasteiger partial charge in [0.25, 0.3) is 0 Å². The molecule has 2 unspecified atom stereocenters. The number of carboxylic acids is 1. The Morgan fingerprint density at radius 2 is 2.41 bits per heavy atom. The number of rotatable bonds is 2. The lowest BCUT2D eigenvalue weighted by atomic mass is 10.0. The summed E-state index contributed by atoms with van der Waals surface area (Å²) in [7, 11) is 0. The van der Waals surface area contributed by atoms with Crippen LogP contribution in [0, 0.1) is 0 Å². The summed E-state index contributed by atoms with van der Waals surface area (Å²) in [5.41, 5.74) is 1.01. The second kappa shape index (κ2) is 4.14. The summed E-state index contributed by atoms with van der Waals surface area (Å²) < 4.78 is 7.20. The Labute approximate surface area is 99.4 Å². The molecule has 1 fully saturated rings. The fourth-order valence-electron chi connectivity index (χ4n) is 2.71. The monoisotopic (exact) mass is 236 g/mol. The number of hydrogen-bond donors (Lipinski definition) is 1. The largest absolute Gasteiger partial charge is 0.480 e. The van der Waals surface area contributed by atoms with Crippen LogP contribution in [0.1, 0.15) is 42.7 Å². The van der Waals surface area contributed by atoms with E-state index in [1.807, 2.05) is 10.8 Å². The fraction of sp³-hybridized carbons (Fsp3) is 0.667. The van der Waals surface area contributed by atoms with Crippen LogP contribution in [-0.2, 0) is 16.0 Å². The van der Waals surface area contributed by atoms with Crippen molar-refractivity contribution < 1.29 is 14.6 Å². The summed E-state index contributed by atoms with van der Waals surface area (Å²) in [6, 6.07) is -0.428. The van der Waals surface area contributed by atoms with Gasteiger partial charge in [0.2, 0.25) is 0 Å². The quantitative estimate of drug-likeness (QED) is 0.841. The summed E-state index contributed by atoms with van der Waals surface area (Å²) >= 11 is 0. The molecule has 3 heterocycles. The Balaban J connectivity index is 1.92. The van der Waals surface area contributed by atoms with E-state index >= 15 is 0 Å². The van der Waals surface area contributed by atoms with Crippen LogP contribution in [0.15, 0.2) is 6.20 Å². The van der Waals surface area contributed by atoms with Gasteiger partial charge in [0, 0.05) is 25.1 Å². The number of aryl methyl sites for hydroxylation is 1. The van der Waals surface area contributed by atoms with Crippen LogP contribution in [0.4, 0.5) is 0 Å². The third-order valence-corrected chi connectivity index (χ3v) is 3.67. The number of fused-ring (bicyclic) bond motifs is 1. The van der Waals surface area contributed by atoms with Crippen LogP contribution >= 0.6 is 0 Å². The van der Waals surface area contributed by atoms with Crippen molar-refractivity contribution in [2.24, 2.45) is 0 Å². The maximum absolute atomic E-state index is 11.2. The van der Waals surface area contributed by atoms with Crippen molar-refractivity contribution >= 4 is 5.97 Å². The van der Waals surface area contributed by atoms with Gasteiger partial charge in [-0.15, -0.1) is 0 Å². The number of ether oxygens (including phenoxy) is 1. The molecular formula is C12H16N2O3. The molecule has 0 bridgehead atoms. The molecule has 0 radical (unpaired) electrons. The summed E-state index contributed by atoms with van der Waals surface area (Å²) in [5, 5.41) is 9.19. The van der Waals surface area contributed by atoms with E-state index in [-0.39, 0.29) is 0 Å². The fourth-order valence-corrected chi connectivity index (χ4v) is 2.71. The van der Waals surface area contributed by atoms with Gasteiger partial charge in [0.05, 0.1) is 12.3 Å².